The van der Waals surface area contributed by atoms with E-state index < -0.39 is 15.2 Å². The Balaban J connectivity index is 1.99. The van der Waals surface area contributed by atoms with Crippen molar-refractivity contribution < 1.29 is 4.58 Å². The molecular weight excluding hydrogens is 382 g/mol. The van der Waals surface area contributed by atoms with Gasteiger partial charge in [0, 0.05) is 12.8 Å². The second kappa shape index (κ2) is 8.64. The van der Waals surface area contributed by atoms with E-state index in [1.165, 1.54) is 32.4 Å². The van der Waals surface area contributed by atoms with Gasteiger partial charge >= 0.3 is 0 Å². The minimum absolute atomic E-state index is 1.21. The van der Waals surface area contributed by atoms with Crippen molar-refractivity contribution in [2.75, 3.05) is 13.1 Å². The number of nitrogens with zero attached hydrogens (tertiary/aromatic N) is 1. The molecule has 1 aliphatic heterocycles. The molecule has 4 rings (SSSR count). The van der Waals surface area contributed by atoms with Crippen LogP contribution >= 0.6 is 0 Å². The maximum atomic E-state index is 2.74. The molecule has 3 aromatic carbocycles. The normalized spacial score (nSPS) is 16.8. The molecule has 0 bridgehead atoms. The van der Waals surface area contributed by atoms with E-state index in [4.69, 9.17) is 0 Å². The third-order valence-electron chi connectivity index (χ3n) is 6.95. The topological polar surface area (TPSA) is 3.01 Å². The Bertz CT molecular complexity index is 906. The van der Waals surface area contributed by atoms with E-state index in [-0.39, 0.29) is 0 Å². The lowest BCUT2D eigenvalue weighted by Gasteiger charge is -2.41. The Morgan fingerprint density at radius 1 is 0.586 bits per heavy atom. The standard InChI is InChI=1S/C26H32NSi2/c1-28(24-15-7-3-8-16-24,23-27-21-13-6-14-22-27)29(2,25-17-9-4-10-18-25)26-19-11-5-12-20-26/h3-5,7-12,15-20,23H,6,13-14,21-22H2,1-2H3/q+1. The lowest BCUT2D eigenvalue weighted by atomic mass is 10.2. The van der Waals surface area contributed by atoms with Gasteiger partial charge < -0.3 is 0 Å². The van der Waals surface area contributed by atoms with Crippen molar-refractivity contribution in [2.24, 2.45) is 0 Å². The molecule has 1 fully saturated rings. The van der Waals surface area contributed by atoms with E-state index >= 15 is 0 Å². The van der Waals surface area contributed by atoms with E-state index in [1.54, 1.807) is 15.6 Å². The molecule has 1 nitrogen and oxygen atoms in total. The van der Waals surface area contributed by atoms with Gasteiger partial charge in [-0.25, -0.2) is 4.58 Å². The van der Waals surface area contributed by atoms with E-state index in [9.17, 15) is 0 Å². The van der Waals surface area contributed by atoms with E-state index in [2.05, 4.69) is 115 Å². The number of benzene rings is 3. The second-order valence-corrected chi connectivity index (χ2v) is 21.4. The average Bonchev–Trinajstić information content (AvgIpc) is 2.81. The average molecular weight is 415 g/mol. The van der Waals surface area contributed by atoms with Crippen LogP contribution in [-0.2, 0) is 0 Å². The van der Waals surface area contributed by atoms with Crippen molar-refractivity contribution in [3.63, 3.8) is 0 Å². The highest BCUT2D eigenvalue weighted by Gasteiger charge is 2.54. The van der Waals surface area contributed by atoms with Crippen LogP contribution in [0.5, 0.6) is 0 Å². The molecule has 0 radical (unpaired) electrons. The lowest BCUT2D eigenvalue weighted by Crippen LogP contribution is -2.80. The molecule has 0 spiro atoms. The summed E-state index contributed by atoms with van der Waals surface area (Å²) >= 11 is 0. The van der Waals surface area contributed by atoms with Gasteiger partial charge in [-0.3, -0.25) is 0 Å². The van der Waals surface area contributed by atoms with Crippen molar-refractivity contribution in [1.29, 1.82) is 0 Å². The van der Waals surface area contributed by atoms with Crippen LogP contribution < -0.4 is 15.6 Å². The smallest absolute Gasteiger partial charge is 0.187 e. The number of hydrogen-bond donors (Lipinski definition) is 0. The largest absolute Gasteiger partial charge is 0.244 e. The van der Waals surface area contributed by atoms with Crippen molar-refractivity contribution in [3.05, 3.63) is 91.0 Å². The highest BCUT2D eigenvalue weighted by Crippen LogP contribution is 2.20. The highest BCUT2D eigenvalue weighted by molar-refractivity contribution is 7.62. The Morgan fingerprint density at radius 3 is 1.45 bits per heavy atom. The van der Waals surface area contributed by atoms with Crippen LogP contribution in [0.2, 0.25) is 13.1 Å². The van der Waals surface area contributed by atoms with Crippen molar-refractivity contribution in [3.8, 4) is 0 Å². The first-order chi connectivity index (χ1) is 14.1. The molecule has 1 aliphatic rings. The van der Waals surface area contributed by atoms with Gasteiger partial charge in [-0.2, -0.15) is 0 Å². The summed E-state index contributed by atoms with van der Waals surface area (Å²) < 4.78 is 2.67. The van der Waals surface area contributed by atoms with Crippen LogP contribution in [0.3, 0.4) is 0 Å². The third kappa shape index (κ3) is 3.81. The van der Waals surface area contributed by atoms with Gasteiger partial charge in [0.2, 0.25) is 0 Å². The first kappa shape index (κ1) is 20.1. The van der Waals surface area contributed by atoms with Crippen LogP contribution in [0.15, 0.2) is 91.0 Å². The zero-order valence-corrected chi connectivity index (χ0v) is 19.7. The zero-order chi connectivity index (χ0) is 20.2. The van der Waals surface area contributed by atoms with Gasteiger partial charge in [0.25, 0.3) is 0 Å². The lowest BCUT2D eigenvalue weighted by molar-refractivity contribution is -0.531. The minimum Gasteiger partial charge on any atom is -0.244 e. The zero-order valence-electron chi connectivity index (χ0n) is 17.7. The summed E-state index contributed by atoms with van der Waals surface area (Å²) in [6.45, 7) is 7.67. The quantitative estimate of drug-likeness (QED) is 0.442. The van der Waals surface area contributed by atoms with Crippen molar-refractivity contribution in [1.82, 2.24) is 0 Å². The number of hydrogen-bond acceptors (Lipinski definition) is 0. The predicted octanol–water partition coefficient (Wildman–Crippen LogP) is 3.75. The molecule has 148 valence electrons. The van der Waals surface area contributed by atoms with Gasteiger partial charge in [0.05, 0.1) is 0 Å². The highest BCUT2D eigenvalue weighted by atomic mass is 29.3. The Hall–Kier alpha value is -2.24. The number of piperidine rings is 1. The van der Waals surface area contributed by atoms with Gasteiger partial charge in [0.15, 0.2) is 7.59 Å². The molecule has 29 heavy (non-hydrogen) atoms. The monoisotopic (exact) mass is 414 g/mol. The molecule has 1 unspecified atom stereocenters. The second-order valence-electron chi connectivity index (χ2n) is 8.65. The van der Waals surface area contributed by atoms with E-state index in [1.807, 2.05) is 0 Å². The molecule has 1 heterocycles. The third-order valence-corrected chi connectivity index (χ3v) is 23.6. The maximum absolute atomic E-state index is 2.74. The predicted molar refractivity (Wildman–Crippen MR) is 131 cm³/mol. The van der Waals surface area contributed by atoms with Gasteiger partial charge in [-0.1, -0.05) is 120 Å². The molecule has 3 aromatic rings. The minimum atomic E-state index is -2.04. The molecule has 0 aliphatic carbocycles. The molecule has 0 amide bonds. The summed E-state index contributed by atoms with van der Waals surface area (Å²) in [5.41, 5.74) is 0. The van der Waals surface area contributed by atoms with Crippen LogP contribution in [0.25, 0.3) is 0 Å². The summed E-state index contributed by atoms with van der Waals surface area (Å²) in [4.78, 5) is 0. The molecule has 1 atom stereocenters. The fourth-order valence-electron chi connectivity index (χ4n) is 5.00. The van der Waals surface area contributed by atoms with Gasteiger partial charge in [-0.15, -0.1) is 0 Å². The Morgan fingerprint density at radius 2 is 1.00 bits per heavy atom. The summed E-state index contributed by atoms with van der Waals surface area (Å²) in [6, 6.07) is 34.2. The van der Waals surface area contributed by atoms with Gasteiger partial charge in [-0.05, 0) is 6.42 Å². The number of rotatable bonds is 5. The first-order valence-corrected chi connectivity index (χ1v) is 17.0. The summed E-state index contributed by atoms with van der Waals surface area (Å²) in [7, 11) is -4.05. The van der Waals surface area contributed by atoms with Gasteiger partial charge in [0.1, 0.15) is 26.5 Å². The maximum Gasteiger partial charge on any atom is 0.187 e. The Labute approximate surface area is 177 Å². The summed E-state index contributed by atoms with van der Waals surface area (Å²) in [5.74, 6) is 2.74. The van der Waals surface area contributed by atoms with Crippen LogP contribution in [0, 0.1) is 0 Å². The first-order valence-electron chi connectivity index (χ1n) is 10.9. The fourth-order valence-corrected chi connectivity index (χ4v) is 19.3. The molecule has 0 aromatic heterocycles. The molecular formula is C26H32NSi2+. The van der Waals surface area contributed by atoms with Crippen LogP contribution in [0.4, 0.5) is 0 Å². The Kier molecular flexibility index (Phi) is 5.97. The van der Waals surface area contributed by atoms with E-state index in [0.29, 0.717) is 0 Å². The molecule has 0 saturated carbocycles. The molecule has 3 heteroatoms. The molecule has 1 saturated heterocycles. The SMILES string of the molecule is C[Si](C=[N+]1CCCCC1)(c1ccccc1)[Si](C)(c1ccccc1)c1ccccc1. The van der Waals surface area contributed by atoms with Crippen LogP contribution in [-0.4, -0.2) is 38.7 Å². The summed E-state index contributed by atoms with van der Waals surface area (Å²) in [6.07, 6.45) is 4.02. The van der Waals surface area contributed by atoms with Crippen molar-refractivity contribution >= 4 is 36.6 Å². The van der Waals surface area contributed by atoms with Crippen molar-refractivity contribution in [2.45, 2.75) is 32.4 Å². The van der Waals surface area contributed by atoms with Crippen LogP contribution in [0.1, 0.15) is 19.3 Å². The molecule has 0 N–H and O–H groups in total. The van der Waals surface area contributed by atoms with E-state index in [0.717, 1.165) is 0 Å². The fraction of sp³-hybridized carbons (Fsp3) is 0.269. The summed E-state index contributed by atoms with van der Waals surface area (Å²) in [5, 5.41) is 4.67.